The highest BCUT2D eigenvalue weighted by Gasteiger charge is 2.15. The maximum atomic E-state index is 6.07. The zero-order valence-corrected chi connectivity index (χ0v) is 12.8. The van der Waals surface area contributed by atoms with E-state index in [9.17, 15) is 0 Å². The zero-order chi connectivity index (χ0) is 15.5. The Morgan fingerprint density at radius 3 is 2.59 bits per heavy atom. The molecule has 0 radical (unpaired) electrons. The average molecular weight is 315 g/mol. The van der Waals surface area contributed by atoms with Gasteiger partial charge in [0.25, 0.3) is 0 Å². The Kier molecular flexibility index (Phi) is 4.09. The van der Waals surface area contributed by atoms with Gasteiger partial charge in [-0.2, -0.15) is 0 Å². The molecule has 0 unspecified atom stereocenters. The van der Waals surface area contributed by atoms with Gasteiger partial charge in [-0.1, -0.05) is 22.9 Å². The van der Waals surface area contributed by atoms with Crippen molar-refractivity contribution in [3.05, 3.63) is 59.2 Å². The zero-order valence-electron chi connectivity index (χ0n) is 12.0. The predicted octanol–water partition coefficient (Wildman–Crippen LogP) is 3.06. The van der Waals surface area contributed by atoms with E-state index in [4.69, 9.17) is 22.1 Å². The van der Waals surface area contributed by atoms with E-state index in [1.165, 1.54) is 0 Å². The molecule has 1 aromatic heterocycles. The lowest BCUT2D eigenvalue weighted by Gasteiger charge is -2.09. The Morgan fingerprint density at radius 1 is 1.18 bits per heavy atom. The molecule has 6 heteroatoms. The third-order valence-electron chi connectivity index (χ3n) is 3.35. The van der Waals surface area contributed by atoms with Crippen LogP contribution >= 0.6 is 11.6 Å². The smallest absolute Gasteiger partial charge is 0.118 e. The molecule has 0 amide bonds. The van der Waals surface area contributed by atoms with Crippen molar-refractivity contribution < 1.29 is 4.74 Å². The molecule has 0 fully saturated rings. The van der Waals surface area contributed by atoms with Gasteiger partial charge in [0.05, 0.1) is 18.5 Å². The molecule has 0 aliphatic rings. The first-order chi connectivity index (χ1) is 10.7. The summed E-state index contributed by atoms with van der Waals surface area (Å²) in [6.45, 7) is 0.307. The lowest BCUT2D eigenvalue weighted by Crippen LogP contribution is -2.02. The van der Waals surface area contributed by atoms with Crippen LogP contribution in [0.4, 0.5) is 0 Å². The molecule has 22 heavy (non-hydrogen) atoms. The van der Waals surface area contributed by atoms with Gasteiger partial charge in [-0.25, -0.2) is 4.68 Å². The van der Waals surface area contributed by atoms with E-state index >= 15 is 0 Å². The number of halogens is 1. The van der Waals surface area contributed by atoms with Crippen molar-refractivity contribution in [3.63, 3.8) is 0 Å². The molecule has 2 N–H and O–H groups in total. The van der Waals surface area contributed by atoms with Crippen LogP contribution in [0.1, 0.15) is 5.69 Å². The highest BCUT2D eigenvalue weighted by Crippen LogP contribution is 2.27. The minimum absolute atomic E-state index is 0.307. The van der Waals surface area contributed by atoms with E-state index < -0.39 is 0 Å². The van der Waals surface area contributed by atoms with E-state index in [0.29, 0.717) is 11.6 Å². The fraction of sp³-hybridized carbons (Fsp3) is 0.125. The van der Waals surface area contributed by atoms with Crippen LogP contribution in [0, 0.1) is 0 Å². The number of benzene rings is 2. The highest BCUT2D eigenvalue weighted by atomic mass is 35.5. The second kappa shape index (κ2) is 6.17. The first-order valence-corrected chi connectivity index (χ1v) is 7.15. The maximum absolute atomic E-state index is 6.07. The summed E-state index contributed by atoms with van der Waals surface area (Å²) >= 11 is 6.07. The van der Waals surface area contributed by atoms with Crippen LogP contribution in [-0.4, -0.2) is 22.1 Å². The minimum Gasteiger partial charge on any atom is -0.497 e. The third-order valence-corrected chi connectivity index (χ3v) is 3.58. The standard InChI is InChI=1S/C16H15ClN4O/c1-22-14-7-5-11(6-8-14)16-15(10-18)19-20-21(16)13-4-2-3-12(17)9-13/h2-9H,10,18H2,1H3. The molecule has 2 aromatic carbocycles. The Hall–Kier alpha value is -2.37. The molecule has 1 heterocycles. The van der Waals surface area contributed by atoms with Crippen LogP contribution in [0.3, 0.4) is 0 Å². The van der Waals surface area contributed by atoms with Crippen LogP contribution in [0.5, 0.6) is 5.75 Å². The van der Waals surface area contributed by atoms with E-state index in [-0.39, 0.29) is 0 Å². The number of hydrogen-bond donors (Lipinski definition) is 1. The molecule has 0 aliphatic carbocycles. The third kappa shape index (κ3) is 2.68. The normalized spacial score (nSPS) is 10.7. The monoisotopic (exact) mass is 314 g/mol. The number of hydrogen-bond acceptors (Lipinski definition) is 4. The molecular formula is C16H15ClN4O. The van der Waals surface area contributed by atoms with Crippen LogP contribution in [0.25, 0.3) is 16.9 Å². The maximum Gasteiger partial charge on any atom is 0.118 e. The second-order valence-electron chi connectivity index (χ2n) is 4.71. The first kappa shape index (κ1) is 14.6. The van der Waals surface area contributed by atoms with E-state index in [1.54, 1.807) is 11.8 Å². The molecule has 112 valence electrons. The van der Waals surface area contributed by atoms with Crippen molar-refractivity contribution in [1.29, 1.82) is 0 Å². The number of rotatable bonds is 4. The summed E-state index contributed by atoms with van der Waals surface area (Å²) < 4.78 is 6.94. The molecule has 5 nitrogen and oxygen atoms in total. The number of ether oxygens (including phenoxy) is 1. The SMILES string of the molecule is COc1ccc(-c2c(CN)nnn2-c2cccc(Cl)c2)cc1. The van der Waals surface area contributed by atoms with Crippen LogP contribution < -0.4 is 10.5 Å². The molecule has 0 bridgehead atoms. The van der Waals surface area contributed by atoms with Crippen molar-refractivity contribution >= 4 is 11.6 Å². The second-order valence-corrected chi connectivity index (χ2v) is 5.15. The van der Waals surface area contributed by atoms with Gasteiger partial charge in [-0.15, -0.1) is 5.10 Å². The fourth-order valence-corrected chi connectivity index (χ4v) is 2.46. The van der Waals surface area contributed by atoms with Gasteiger partial charge in [0.1, 0.15) is 11.4 Å². The Bertz CT molecular complexity index is 783. The number of nitrogens with zero attached hydrogens (tertiary/aromatic N) is 3. The van der Waals surface area contributed by atoms with Crippen LogP contribution in [0.15, 0.2) is 48.5 Å². The Balaban J connectivity index is 2.14. The summed E-state index contributed by atoms with van der Waals surface area (Å²) in [4.78, 5) is 0. The Morgan fingerprint density at radius 2 is 1.95 bits per heavy atom. The Labute approximate surface area is 133 Å². The number of methoxy groups -OCH3 is 1. The summed E-state index contributed by atoms with van der Waals surface area (Å²) in [5.74, 6) is 0.792. The van der Waals surface area contributed by atoms with Gasteiger partial charge in [-0.05, 0) is 42.5 Å². The van der Waals surface area contributed by atoms with Crippen molar-refractivity contribution in [2.75, 3.05) is 7.11 Å². The molecule has 0 aliphatic heterocycles. The quantitative estimate of drug-likeness (QED) is 0.803. The number of aromatic nitrogens is 3. The van der Waals surface area contributed by atoms with E-state index in [1.807, 2.05) is 48.5 Å². The average Bonchev–Trinajstić information content (AvgIpc) is 2.99. The van der Waals surface area contributed by atoms with Gasteiger partial charge < -0.3 is 10.5 Å². The van der Waals surface area contributed by atoms with Crippen molar-refractivity contribution in [3.8, 4) is 22.7 Å². The van der Waals surface area contributed by atoms with Gasteiger partial charge in [0, 0.05) is 17.1 Å². The van der Waals surface area contributed by atoms with E-state index in [0.717, 1.165) is 28.4 Å². The molecule has 0 atom stereocenters. The fourth-order valence-electron chi connectivity index (χ4n) is 2.28. The molecule has 3 rings (SSSR count). The number of nitrogens with two attached hydrogens (primary N) is 1. The largest absolute Gasteiger partial charge is 0.497 e. The predicted molar refractivity (Wildman–Crippen MR) is 86.2 cm³/mol. The summed E-state index contributed by atoms with van der Waals surface area (Å²) in [6.07, 6.45) is 0. The molecule has 0 spiro atoms. The van der Waals surface area contributed by atoms with Gasteiger partial charge >= 0.3 is 0 Å². The molecule has 0 saturated heterocycles. The van der Waals surface area contributed by atoms with Crippen LogP contribution in [0.2, 0.25) is 5.02 Å². The van der Waals surface area contributed by atoms with E-state index in [2.05, 4.69) is 10.3 Å². The summed E-state index contributed by atoms with van der Waals surface area (Å²) in [5, 5.41) is 9.03. The highest BCUT2D eigenvalue weighted by molar-refractivity contribution is 6.30. The van der Waals surface area contributed by atoms with Crippen LogP contribution in [-0.2, 0) is 6.54 Å². The summed E-state index contributed by atoms with van der Waals surface area (Å²) in [5.41, 5.74) is 9.18. The molecule has 0 saturated carbocycles. The first-order valence-electron chi connectivity index (χ1n) is 6.78. The lowest BCUT2D eigenvalue weighted by molar-refractivity contribution is 0.415. The van der Waals surface area contributed by atoms with Gasteiger partial charge in [0.15, 0.2) is 0 Å². The van der Waals surface area contributed by atoms with Crippen molar-refractivity contribution in [1.82, 2.24) is 15.0 Å². The van der Waals surface area contributed by atoms with Gasteiger partial charge in [0.2, 0.25) is 0 Å². The van der Waals surface area contributed by atoms with Gasteiger partial charge in [-0.3, -0.25) is 0 Å². The minimum atomic E-state index is 0.307. The summed E-state index contributed by atoms with van der Waals surface area (Å²) in [6, 6.07) is 15.2. The lowest BCUT2D eigenvalue weighted by atomic mass is 10.1. The molecule has 3 aromatic rings. The molecular weight excluding hydrogens is 300 g/mol. The topological polar surface area (TPSA) is 66.0 Å². The summed E-state index contributed by atoms with van der Waals surface area (Å²) in [7, 11) is 1.64. The van der Waals surface area contributed by atoms with Crippen molar-refractivity contribution in [2.24, 2.45) is 5.73 Å². The van der Waals surface area contributed by atoms with Crippen molar-refractivity contribution in [2.45, 2.75) is 6.54 Å².